The minimum absolute atomic E-state index is 0.0907. The highest BCUT2D eigenvalue weighted by Gasteiger charge is 2.16. The molecule has 0 aliphatic rings. The fraction of sp³-hybridized carbons (Fsp3) is 0.240. The summed E-state index contributed by atoms with van der Waals surface area (Å²) in [6, 6.07) is 18.2. The van der Waals surface area contributed by atoms with Gasteiger partial charge in [-0.2, -0.15) is 0 Å². The van der Waals surface area contributed by atoms with Gasteiger partial charge in [-0.15, -0.1) is 0 Å². The number of hydrogen-bond acceptors (Lipinski definition) is 1. The highest BCUT2D eigenvalue weighted by molar-refractivity contribution is 5.87. The summed E-state index contributed by atoms with van der Waals surface area (Å²) in [4.78, 5) is 10.9. The molecule has 0 radical (unpaired) electrons. The van der Waals surface area contributed by atoms with Gasteiger partial charge >= 0.3 is 5.97 Å². The van der Waals surface area contributed by atoms with Gasteiger partial charge in [-0.1, -0.05) is 99.7 Å². The quantitative estimate of drug-likeness (QED) is 0.480. The molecule has 0 atom stereocenters. The lowest BCUT2D eigenvalue weighted by molar-refractivity contribution is -0.132. The molecule has 0 fully saturated rings. The van der Waals surface area contributed by atoms with Crippen molar-refractivity contribution in [1.29, 1.82) is 0 Å². The van der Waals surface area contributed by atoms with Crippen molar-refractivity contribution < 1.29 is 9.90 Å². The van der Waals surface area contributed by atoms with Crippen LogP contribution in [0.4, 0.5) is 0 Å². The van der Waals surface area contributed by atoms with E-state index in [-0.39, 0.29) is 5.41 Å². The topological polar surface area (TPSA) is 37.3 Å². The molecule has 0 heterocycles. The zero-order valence-electron chi connectivity index (χ0n) is 17.0. The molecule has 2 nitrogen and oxygen atoms in total. The van der Waals surface area contributed by atoms with Crippen molar-refractivity contribution in [3.8, 4) is 0 Å². The van der Waals surface area contributed by atoms with Gasteiger partial charge in [0.15, 0.2) is 0 Å². The molecule has 2 rings (SSSR count). The molecule has 1 N–H and O–H groups in total. The lowest BCUT2D eigenvalue weighted by atomic mass is 9.84. The Morgan fingerprint density at radius 1 is 0.963 bits per heavy atom. The second kappa shape index (κ2) is 10.3. The SMILES string of the molecule is C=Cc1ccc(C)cc1.CC(=CC(=Cc1ccccc1)C(C)(C)C)C(=O)O. The van der Waals surface area contributed by atoms with Crippen LogP contribution in [-0.2, 0) is 4.79 Å². The van der Waals surface area contributed by atoms with Gasteiger partial charge in [0.05, 0.1) is 0 Å². The van der Waals surface area contributed by atoms with E-state index in [0.717, 1.165) is 11.1 Å². The van der Waals surface area contributed by atoms with Gasteiger partial charge in [-0.25, -0.2) is 4.79 Å². The van der Waals surface area contributed by atoms with Crippen LogP contribution < -0.4 is 0 Å². The Morgan fingerprint density at radius 2 is 1.52 bits per heavy atom. The third kappa shape index (κ3) is 8.37. The lowest BCUT2D eigenvalue weighted by Gasteiger charge is -2.21. The number of aliphatic carboxylic acids is 1. The predicted octanol–water partition coefficient (Wildman–Crippen LogP) is 6.79. The van der Waals surface area contributed by atoms with Crippen LogP contribution in [0.15, 0.2) is 78.4 Å². The van der Waals surface area contributed by atoms with Crippen molar-refractivity contribution in [1.82, 2.24) is 0 Å². The fourth-order valence-corrected chi connectivity index (χ4v) is 2.20. The van der Waals surface area contributed by atoms with E-state index in [1.54, 1.807) is 13.0 Å². The summed E-state index contributed by atoms with van der Waals surface area (Å²) >= 11 is 0. The van der Waals surface area contributed by atoms with Crippen LogP contribution in [0.1, 0.15) is 44.4 Å². The van der Waals surface area contributed by atoms with Crippen LogP contribution in [0.5, 0.6) is 0 Å². The minimum Gasteiger partial charge on any atom is -0.478 e. The highest BCUT2D eigenvalue weighted by Crippen LogP contribution is 2.29. The Hall–Kier alpha value is -2.87. The largest absolute Gasteiger partial charge is 0.478 e. The monoisotopic (exact) mass is 362 g/mol. The Morgan fingerprint density at radius 3 is 1.96 bits per heavy atom. The predicted molar refractivity (Wildman–Crippen MR) is 117 cm³/mol. The number of carboxylic acid groups (broad SMARTS) is 1. The highest BCUT2D eigenvalue weighted by atomic mass is 16.4. The van der Waals surface area contributed by atoms with E-state index >= 15 is 0 Å². The Balaban J connectivity index is 0.000000337. The summed E-state index contributed by atoms with van der Waals surface area (Å²) in [7, 11) is 0. The molecule has 0 aromatic heterocycles. The first-order valence-corrected chi connectivity index (χ1v) is 9.01. The number of benzene rings is 2. The average molecular weight is 363 g/mol. The average Bonchev–Trinajstić information content (AvgIpc) is 2.62. The first kappa shape index (κ1) is 22.2. The molecule has 0 spiro atoms. The van der Waals surface area contributed by atoms with E-state index < -0.39 is 5.97 Å². The molecule has 2 aromatic rings. The van der Waals surface area contributed by atoms with Gasteiger partial charge in [0.2, 0.25) is 0 Å². The maximum absolute atomic E-state index is 10.9. The number of hydrogen-bond donors (Lipinski definition) is 1. The molecule has 0 saturated carbocycles. The number of allylic oxidation sites excluding steroid dienone is 2. The third-order valence-electron chi connectivity index (χ3n) is 4.01. The molecule has 0 aliphatic heterocycles. The first-order valence-electron chi connectivity index (χ1n) is 9.01. The maximum Gasteiger partial charge on any atom is 0.331 e. The van der Waals surface area contributed by atoms with Crippen LogP contribution in [-0.4, -0.2) is 11.1 Å². The maximum atomic E-state index is 10.9. The van der Waals surface area contributed by atoms with Crippen molar-refractivity contribution in [3.63, 3.8) is 0 Å². The molecular formula is C25H30O2. The Bertz CT molecular complexity index is 802. The Kier molecular flexibility index (Phi) is 8.47. The molecule has 0 amide bonds. The number of carbonyl (C=O) groups is 1. The summed E-state index contributed by atoms with van der Waals surface area (Å²) in [6.07, 6.45) is 5.63. The molecule has 0 saturated heterocycles. The van der Waals surface area contributed by atoms with Crippen molar-refractivity contribution in [3.05, 3.63) is 95.1 Å². The molecule has 27 heavy (non-hydrogen) atoms. The van der Waals surface area contributed by atoms with Gasteiger partial charge in [0.1, 0.15) is 0 Å². The van der Waals surface area contributed by atoms with E-state index in [9.17, 15) is 4.79 Å². The van der Waals surface area contributed by atoms with Crippen molar-refractivity contribution >= 4 is 18.1 Å². The van der Waals surface area contributed by atoms with Gasteiger partial charge in [-0.05, 0) is 42.0 Å². The van der Waals surface area contributed by atoms with Crippen LogP contribution in [0.2, 0.25) is 0 Å². The summed E-state index contributed by atoms with van der Waals surface area (Å²) in [5, 5.41) is 8.97. The molecular weight excluding hydrogens is 332 g/mol. The number of carboxylic acids is 1. The smallest absolute Gasteiger partial charge is 0.331 e. The van der Waals surface area contributed by atoms with E-state index in [1.165, 1.54) is 11.1 Å². The van der Waals surface area contributed by atoms with Crippen molar-refractivity contribution in [2.24, 2.45) is 5.41 Å². The van der Waals surface area contributed by atoms with Gasteiger partial charge in [0.25, 0.3) is 0 Å². The minimum atomic E-state index is -0.877. The summed E-state index contributed by atoms with van der Waals surface area (Å²) < 4.78 is 0. The van der Waals surface area contributed by atoms with E-state index in [4.69, 9.17) is 5.11 Å². The van der Waals surface area contributed by atoms with E-state index in [0.29, 0.717) is 5.57 Å². The lowest BCUT2D eigenvalue weighted by Crippen LogP contribution is -2.09. The molecule has 2 aromatic carbocycles. The van der Waals surface area contributed by atoms with Gasteiger partial charge in [-0.3, -0.25) is 0 Å². The standard InChI is InChI=1S/C16H20O2.C9H10/c1-12(15(17)18)10-14(16(2,3)4)11-13-8-6-5-7-9-13;1-3-9-6-4-8(2)5-7-9/h5-11H,1-4H3,(H,17,18);3-7H,1H2,2H3. The Labute approximate surface area is 163 Å². The third-order valence-corrected chi connectivity index (χ3v) is 4.01. The summed E-state index contributed by atoms with van der Waals surface area (Å²) in [5.74, 6) is -0.877. The molecule has 2 heteroatoms. The van der Waals surface area contributed by atoms with E-state index in [2.05, 4.69) is 58.5 Å². The van der Waals surface area contributed by atoms with Crippen LogP contribution in [0.3, 0.4) is 0 Å². The van der Waals surface area contributed by atoms with Gasteiger partial charge in [0, 0.05) is 5.57 Å². The number of aryl methyl sites for hydroxylation is 1. The van der Waals surface area contributed by atoms with Crippen LogP contribution in [0.25, 0.3) is 12.2 Å². The molecule has 0 aliphatic carbocycles. The molecule has 142 valence electrons. The zero-order valence-corrected chi connectivity index (χ0v) is 17.0. The second-order valence-corrected chi connectivity index (χ2v) is 7.51. The normalized spacial score (nSPS) is 12.0. The van der Waals surface area contributed by atoms with Crippen molar-refractivity contribution in [2.45, 2.75) is 34.6 Å². The number of rotatable bonds is 4. The van der Waals surface area contributed by atoms with E-state index in [1.807, 2.05) is 42.5 Å². The summed E-state index contributed by atoms with van der Waals surface area (Å²) in [6.45, 7) is 13.6. The first-order chi connectivity index (χ1) is 12.6. The fourth-order valence-electron chi connectivity index (χ4n) is 2.20. The van der Waals surface area contributed by atoms with Gasteiger partial charge < -0.3 is 5.11 Å². The summed E-state index contributed by atoms with van der Waals surface area (Å²) in [5.41, 5.74) is 4.82. The van der Waals surface area contributed by atoms with Crippen molar-refractivity contribution in [2.75, 3.05) is 0 Å². The second-order valence-electron chi connectivity index (χ2n) is 7.51. The molecule has 0 bridgehead atoms. The van der Waals surface area contributed by atoms with Crippen LogP contribution in [0, 0.1) is 12.3 Å². The van der Waals surface area contributed by atoms with Crippen LogP contribution >= 0.6 is 0 Å². The molecule has 0 unspecified atom stereocenters. The zero-order chi connectivity index (χ0) is 20.4.